The lowest BCUT2D eigenvalue weighted by Gasteiger charge is -2.30. The third kappa shape index (κ3) is 2.91. The van der Waals surface area contributed by atoms with E-state index in [4.69, 9.17) is 0 Å². The quantitative estimate of drug-likeness (QED) is 0.613. The fraction of sp³-hybridized carbons (Fsp3) is 0.368. The second-order valence-electron chi connectivity index (χ2n) is 6.13. The molecule has 1 aliphatic carbocycles. The minimum Gasteiger partial charge on any atom is -0.207 e. The van der Waals surface area contributed by atoms with E-state index in [1.54, 1.807) is 12.1 Å². The zero-order valence-electron chi connectivity index (χ0n) is 12.5. The van der Waals surface area contributed by atoms with Crippen LogP contribution in [0.2, 0.25) is 0 Å². The van der Waals surface area contributed by atoms with Crippen LogP contribution in [-0.4, -0.2) is 0 Å². The van der Waals surface area contributed by atoms with Gasteiger partial charge in [-0.3, -0.25) is 0 Å². The number of alkyl halides is 1. The first-order valence-corrected chi connectivity index (χ1v) is 8.45. The van der Waals surface area contributed by atoms with Crippen molar-refractivity contribution in [2.24, 2.45) is 5.92 Å². The van der Waals surface area contributed by atoms with E-state index >= 15 is 0 Å². The van der Waals surface area contributed by atoms with Gasteiger partial charge in [-0.05, 0) is 79.0 Å². The van der Waals surface area contributed by atoms with Gasteiger partial charge in [-0.15, -0.1) is 0 Å². The second kappa shape index (κ2) is 5.92. The largest absolute Gasteiger partial charge is 0.207 e. The minimum atomic E-state index is -0.137. The van der Waals surface area contributed by atoms with Gasteiger partial charge in [0.2, 0.25) is 0 Å². The maximum atomic E-state index is 13.5. The van der Waals surface area contributed by atoms with Gasteiger partial charge in [-0.25, -0.2) is 4.39 Å². The number of hydrogen-bond donors (Lipinski definition) is 0. The molecule has 0 bridgehead atoms. The molecular weight excluding hydrogens is 327 g/mol. The van der Waals surface area contributed by atoms with Gasteiger partial charge in [0.05, 0.1) is 0 Å². The summed E-state index contributed by atoms with van der Waals surface area (Å²) in [6, 6.07) is 12.0. The lowest BCUT2D eigenvalue weighted by atomic mass is 9.79. The lowest BCUT2D eigenvalue weighted by molar-refractivity contribution is 0.451. The highest BCUT2D eigenvalue weighted by Gasteiger charge is 2.27. The van der Waals surface area contributed by atoms with Gasteiger partial charge in [-0.2, -0.15) is 0 Å². The molecular formula is C19H20BrF. The van der Waals surface area contributed by atoms with Crippen LogP contribution < -0.4 is 0 Å². The summed E-state index contributed by atoms with van der Waals surface area (Å²) in [5.74, 6) is 0.435. The Balaban J connectivity index is 1.89. The van der Waals surface area contributed by atoms with Crippen LogP contribution in [0.5, 0.6) is 0 Å². The monoisotopic (exact) mass is 346 g/mol. The molecule has 0 fully saturated rings. The molecule has 0 saturated carbocycles. The van der Waals surface area contributed by atoms with E-state index in [0.29, 0.717) is 10.7 Å². The second-order valence-corrected chi connectivity index (χ2v) is 7.11. The van der Waals surface area contributed by atoms with E-state index in [2.05, 4.69) is 40.2 Å². The molecule has 0 spiro atoms. The Hall–Kier alpha value is -1.15. The Morgan fingerprint density at radius 1 is 1.10 bits per heavy atom. The van der Waals surface area contributed by atoms with Crippen molar-refractivity contribution in [2.45, 2.75) is 37.9 Å². The third-order valence-corrected chi connectivity index (χ3v) is 5.84. The van der Waals surface area contributed by atoms with E-state index in [1.807, 2.05) is 13.8 Å². The molecule has 2 aromatic rings. The molecule has 0 amide bonds. The zero-order chi connectivity index (χ0) is 15.0. The summed E-state index contributed by atoms with van der Waals surface area (Å²) >= 11 is 3.90. The molecule has 2 heteroatoms. The van der Waals surface area contributed by atoms with E-state index in [9.17, 15) is 4.39 Å². The summed E-state index contributed by atoms with van der Waals surface area (Å²) in [6.45, 7) is 4.02. The number of benzene rings is 2. The molecule has 21 heavy (non-hydrogen) atoms. The Bertz CT molecular complexity index is 639. The molecule has 0 radical (unpaired) electrons. The molecule has 0 heterocycles. The lowest BCUT2D eigenvalue weighted by Crippen LogP contribution is -2.19. The predicted molar refractivity (Wildman–Crippen MR) is 89.5 cm³/mol. The average Bonchev–Trinajstić information content (AvgIpc) is 2.45. The number of hydrogen-bond acceptors (Lipinski definition) is 0. The van der Waals surface area contributed by atoms with Gasteiger partial charge < -0.3 is 0 Å². The highest BCUT2D eigenvalue weighted by Crippen LogP contribution is 2.41. The van der Waals surface area contributed by atoms with Crippen LogP contribution in [-0.2, 0) is 12.8 Å². The minimum absolute atomic E-state index is 0.137. The van der Waals surface area contributed by atoms with Crippen molar-refractivity contribution in [1.82, 2.24) is 0 Å². The summed E-state index contributed by atoms with van der Waals surface area (Å²) in [6.07, 6.45) is 3.42. The standard InChI is InChI=1S/C19H20BrF/c1-12-9-17(21)10-13(2)18(12)19(20)16-8-7-14-5-3-4-6-15(14)11-16/h3-6,9-10,16,19H,7-8,11H2,1-2H3. The molecule has 2 aromatic carbocycles. The van der Waals surface area contributed by atoms with E-state index in [-0.39, 0.29) is 5.82 Å². The number of halogens is 2. The Morgan fingerprint density at radius 2 is 1.71 bits per heavy atom. The van der Waals surface area contributed by atoms with Crippen molar-refractivity contribution in [3.63, 3.8) is 0 Å². The van der Waals surface area contributed by atoms with E-state index < -0.39 is 0 Å². The van der Waals surface area contributed by atoms with Crippen molar-refractivity contribution in [1.29, 1.82) is 0 Å². The maximum Gasteiger partial charge on any atom is 0.123 e. The molecule has 2 unspecified atom stereocenters. The molecule has 0 nitrogen and oxygen atoms in total. The summed E-state index contributed by atoms with van der Waals surface area (Å²) in [4.78, 5) is 0.298. The van der Waals surface area contributed by atoms with Crippen molar-refractivity contribution < 1.29 is 4.39 Å². The van der Waals surface area contributed by atoms with Crippen LogP contribution >= 0.6 is 15.9 Å². The van der Waals surface area contributed by atoms with Gasteiger partial charge in [0.15, 0.2) is 0 Å². The SMILES string of the molecule is Cc1cc(F)cc(C)c1C(Br)C1CCc2ccccc2C1. The molecule has 3 rings (SSSR count). The van der Waals surface area contributed by atoms with Gasteiger partial charge in [-0.1, -0.05) is 40.2 Å². The highest BCUT2D eigenvalue weighted by molar-refractivity contribution is 9.09. The Labute approximate surface area is 134 Å². The Morgan fingerprint density at radius 3 is 2.38 bits per heavy atom. The summed E-state index contributed by atoms with van der Waals surface area (Å²) in [7, 11) is 0. The zero-order valence-corrected chi connectivity index (χ0v) is 14.1. The van der Waals surface area contributed by atoms with Crippen LogP contribution in [0.15, 0.2) is 36.4 Å². The summed E-state index contributed by atoms with van der Waals surface area (Å²) < 4.78 is 13.5. The molecule has 1 aliphatic rings. The molecule has 2 atom stereocenters. The van der Waals surface area contributed by atoms with Crippen LogP contribution in [0.1, 0.15) is 39.1 Å². The highest BCUT2D eigenvalue weighted by atomic mass is 79.9. The smallest absolute Gasteiger partial charge is 0.123 e. The van der Waals surface area contributed by atoms with Gasteiger partial charge >= 0.3 is 0 Å². The van der Waals surface area contributed by atoms with Crippen LogP contribution in [0.4, 0.5) is 4.39 Å². The Kier molecular flexibility index (Phi) is 4.17. The topological polar surface area (TPSA) is 0 Å². The fourth-order valence-electron chi connectivity index (χ4n) is 3.57. The van der Waals surface area contributed by atoms with E-state index in [1.165, 1.54) is 23.1 Å². The molecule has 0 aromatic heterocycles. The summed E-state index contributed by atoms with van der Waals surface area (Å²) in [5.41, 5.74) is 6.32. The predicted octanol–water partition coefficient (Wildman–Crippen LogP) is 5.68. The number of rotatable bonds is 2. The van der Waals surface area contributed by atoms with Crippen LogP contribution in [0, 0.1) is 25.6 Å². The molecule has 110 valence electrons. The van der Waals surface area contributed by atoms with Crippen molar-refractivity contribution >= 4 is 15.9 Å². The van der Waals surface area contributed by atoms with Crippen LogP contribution in [0.3, 0.4) is 0 Å². The van der Waals surface area contributed by atoms with Crippen molar-refractivity contribution in [2.75, 3.05) is 0 Å². The van der Waals surface area contributed by atoms with Gasteiger partial charge in [0, 0.05) is 4.83 Å². The molecule has 0 N–H and O–H groups in total. The maximum absolute atomic E-state index is 13.5. The van der Waals surface area contributed by atoms with Crippen molar-refractivity contribution in [3.05, 3.63) is 70.0 Å². The number of aryl methyl sites for hydroxylation is 3. The molecule has 0 aliphatic heterocycles. The first-order valence-electron chi connectivity index (χ1n) is 7.53. The van der Waals surface area contributed by atoms with E-state index in [0.717, 1.165) is 24.0 Å². The average molecular weight is 347 g/mol. The normalized spacial score (nSPS) is 19.1. The van der Waals surface area contributed by atoms with Crippen LogP contribution in [0.25, 0.3) is 0 Å². The fourth-order valence-corrected chi connectivity index (χ4v) is 4.74. The van der Waals surface area contributed by atoms with Gasteiger partial charge in [0.1, 0.15) is 5.82 Å². The third-order valence-electron chi connectivity index (χ3n) is 4.63. The summed E-state index contributed by atoms with van der Waals surface area (Å²) in [5, 5.41) is 0. The van der Waals surface area contributed by atoms with Gasteiger partial charge in [0.25, 0.3) is 0 Å². The first kappa shape index (κ1) is 14.8. The first-order chi connectivity index (χ1) is 10.1. The number of fused-ring (bicyclic) bond motifs is 1. The van der Waals surface area contributed by atoms with Crippen molar-refractivity contribution in [3.8, 4) is 0 Å². The molecule has 0 saturated heterocycles.